The maximum absolute atomic E-state index is 13.4. The molecule has 2 rings (SSSR count). The third-order valence-corrected chi connectivity index (χ3v) is 2.97. The molecule has 5 heteroatoms. The van der Waals surface area contributed by atoms with Gasteiger partial charge in [0, 0.05) is 24.7 Å². The Morgan fingerprint density at radius 3 is 2.78 bits per heavy atom. The molecule has 1 heterocycles. The molecule has 0 spiro atoms. The number of nitrogens with zero attached hydrogens (tertiary/aromatic N) is 2. The van der Waals surface area contributed by atoms with Crippen molar-refractivity contribution in [3.8, 4) is 16.9 Å². The first-order valence-electron chi connectivity index (χ1n) is 5.65. The second-order valence-corrected chi connectivity index (χ2v) is 4.08. The largest absolute Gasteiger partial charge is 0.496 e. The summed E-state index contributed by atoms with van der Waals surface area (Å²) in [6.45, 7) is 2.21. The van der Waals surface area contributed by atoms with E-state index in [1.807, 2.05) is 14.0 Å². The van der Waals surface area contributed by atoms with Crippen molar-refractivity contribution in [1.29, 1.82) is 0 Å². The Bertz CT molecular complexity index is 578. The average Bonchev–Trinajstić information content (AvgIpc) is 2.63. The Balaban J connectivity index is 2.71. The maximum Gasteiger partial charge on any atom is 0.127 e. The zero-order valence-electron chi connectivity index (χ0n) is 10.7. The molecule has 1 aromatic carbocycles. The van der Waals surface area contributed by atoms with E-state index in [2.05, 4.69) is 5.10 Å². The molecule has 0 saturated carbocycles. The smallest absolute Gasteiger partial charge is 0.127 e. The third kappa shape index (κ3) is 1.97. The van der Waals surface area contributed by atoms with Gasteiger partial charge in [-0.05, 0) is 25.1 Å². The highest BCUT2D eigenvalue weighted by atomic mass is 19.1. The van der Waals surface area contributed by atoms with Gasteiger partial charge < -0.3 is 10.5 Å². The highest BCUT2D eigenvalue weighted by molar-refractivity contribution is 5.74. The van der Waals surface area contributed by atoms with Crippen LogP contribution in [0.25, 0.3) is 11.1 Å². The molecule has 96 valence electrons. The van der Waals surface area contributed by atoms with Crippen molar-refractivity contribution in [1.82, 2.24) is 9.78 Å². The number of hydrogen-bond donors (Lipinski definition) is 1. The molecule has 0 unspecified atom stereocenters. The number of aryl methyl sites for hydroxylation is 2. The van der Waals surface area contributed by atoms with Crippen LogP contribution in [0.3, 0.4) is 0 Å². The van der Waals surface area contributed by atoms with Gasteiger partial charge in [0.2, 0.25) is 0 Å². The van der Waals surface area contributed by atoms with Gasteiger partial charge in [0.1, 0.15) is 11.6 Å². The summed E-state index contributed by atoms with van der Waals surface area (Å²) in [4.78, 5) is 0. The molecule has 0 aliphatic rings. The number of ether oxygens (including phenoxy) is 1. The Morgan fingerprint density at radius 2 is 2.17 bits per heavy atom. The SMILES string of the molecule is COc1ccc(F)cc1-c1c(C)nn(C)c1CN. The van der Waals surface area contributed by atoms with Crippen LogP contribution in [-0.2, 0) is 13.6 Å². The Kier molecular flexibility index (Phi) is 3.34. The lowest BCUT2D eigenvalue weighted by Gasteiger charge is -2.10. The van der Waals surface area contributed by atoms with Crippen molar-refractivity contribution in [3.63, 3.8) is 0 Å². The van der Waals surface area contributed by atoms with E-state index in [9.17, 15) is 4.39 Å². The number of aromatic nitrogens is 2. The molecule has 0 saturated heterocycles. The minimum atomic E-state index is -0.308. The Morgan fingerprint density at radius 1 is 1.44 bits per heavy atom. The van der Waals surface area contributed by atoms with E-state index in [0.29, 0.717) is 17.9 Å². The third-order valence-electron chi connectivity index (χ3n) is 2.97. The van der Waals surface area contributed by atoms with Gasteiger partial charge in [-0.2, -0.15) is 5.10 Å². The minimum Gasteiger partial charge on any atom is -0.496 e. The van der Waals surface area contributed by atoms with Crippen molar-refractivity contribution in [2.24, 2.45) is 12.8 Å². The second-order valence-electron chi connectivity index (χ2n) is 4.08. The second kappa shape index (κ2) is 4.78. The monoisotopic (exact) mass is 249 g/mol. The molecular formula is C13H16FN3O. The molecule has 2 aromatic rings. The standard InChI is InChI=1S/C13H16FN3O/c1-8-13(11(7-15)17(2)16-8)10-6-9(14)4-5-12(10)18-3/h4-6H,7,15H2,1-3H3. The van der Waals surface area contributed by atoms with Crippen molar-refractivity contribution >= 4 is 0 Å². The van der Waals surface area contributed by atoms with Crippen LogP contribution in [0.5, 0.6) is 5.75 Å². The first-order chi connectivity index (χ1) is 8.58. The van der Waals surface area contributed by atoms with Gasteiger partial charge in [-0.1, -0.05) is 0 Å². The molecule has 0 aliphatic carbocycles. The van der Waals surface area contributed by atoms with Gasteiger partial charge in [0.25, 0.3) is 0 Å². The summed E-state index contributed by atoms with van der Waals surface area (Å²) in [5.74, 6) is 0.305. The summed E-state index contributed by atoms with van der Waals surface area (Å²) in [6, 6.07) is 4.43. The zero-order chi connectivity index (χ0) is 13.3. The van der Waals surface area contributed by atoms with Crippen LogP contribution in [0.1, 0.15) is 11.4 Å². The average molecular weight is 249 g/mol. The van der Waals surface area contributed by atoms with Crippen LogP contribution in [0.4, 0.5) is 4.39 Å². The summed E-state index contributed by atoms with van der Waals surface area (Å²) < 4.78 is 20.4. The van der Waals surface area contributed by atoms with Crippen LogP contribution >= 0.6 is 0 Å². The fraction of sp³-hybridized carbons (Fsp3) is 0.308. The van der Waals surface area contributed by atoms with E-state index in [4.69, 9.17) is 10.5 Å². The summed E-state index contributed by atoms with van der Waals surface area (Å²) in [6.07, 6.45) is 0. The Labute approximate surface area is 105 Å². The van der Waals surface area contributed by atoms with E-state index < -0.39 is 0 Å². The predicted molar refractivity (Wildman–Crippen MR) is 67.8 cm³/mol. The first-order valence-corrected chi connectivity index (χ1v) is 5.65. The lowest BCUT2D eigenvalue weighted by atomic mass is 10.0. The number of nitrogens with two attached hydrogens (primary N) is 1. The fourth-order valence-corrected chi connectivity index (χ4v) is 2.17. The molecule has 18 heavy (non-hydrogen) atoms. The lowest BCUT2D eigenvalue weighted by molar-refractivity contribution is 0.415. The van der Waals surface area contributed by atoms with Crippen molar-refractivity contribution in [3.05, 3.63) is 35.4 Å². The number of hydrogen-bond acceptors (Lipinski definition) is 3. The van der Waals surface area contributed by atoms with Gasteiger partial charge >= 0.3 is 0 Å². The molecule has 4 nitrogen and oxygen atoms in total. The number of benzene rings is 1. The van der Waals surface area contributed by atoms with E-state index in [-0.39, 0.29) is 5.82 Å². The van der Waals surface area contributed by atoms with Crippen LogP contribution < -0.4 is 10.5 Å². The van der Waals surface area contributed by atoms with Crippen LogP contribution in [0.2, 0.25) is 0 Å². The van der Waals surface area contributed by atoms with Crippen LogP contribution in [0.15, 0.2) is 18.2 Å². The summed E-state index contributed by atoms with van der Waals surface area (Å²) >= 11 is 0. The minimum absolute atomic E-state index is 0.308. The maximum atomic E-state index is 13.4. The zero-order valence-corrected chi connectivity index (χ0v) is 10.7. The number of halogens is 1. The molecule has 0 fully saturated rings. The van der Waals surface area contributed by atoms with Gasteiger partial charge in [-0.3, -0.25) is 4.68 Å². The molecule has 0 radical (unpaired) electrons. The number of rotatable bonds is 3. The summed E-state index contributed by atoms with van der Waals surface area (Å²) in [7, 11) is 3.38. The highest BCUT2D eigenvalue weighted by Gasteiger charge is 2.18. The molecule has 2 N–H and O–H groups in total. The molecule has 0 bridgehead atoms. The van der Waals surface area contributed by atoms with E-state index in [1.54, 1.807) is 17.9 Å². The van der Waals surface area contributed by atoms with E-state index in [1.165, 1.54) is 12.1 Å². The quantitative estimate of drug-likeness (QED) is 0.905. The van der Waals surface area contributed by atoms with E-state index >= 15 is 0 Å². The highest BCUT2D eigenvalue weighted by Crippen LogP contribution is 2.34. The Hall–Kier alpha value is -1.88. The molecular weight excluding hydrogens is 233 g/mol. The predicted octanol–water partition coefficient (Wildman–Crippen LogP) is 2.00. The molecule has 0 atom stereocenters. The summed E-state index contributed by atoms with van der Waals surface area (Å²) in [5.41, 5.74) is 8.93. The van der Waals surface area contributed by atoms with Gasteiger partial charge in [0.15, 0.2) is 0 Å². The fourth-order valence-electron chi connectivity index (χ4n) is 2.17. The van der Waals surface area contributed by atoms with Crippen molar-refractivity contribution in [2.45, 2.75) is 13.5 Å². The van der Waals surface area contributed by atoms with Gasteiger partial charge in [-0.25, -0.2) is 4.39 Å². The first kappa shape index (κ1) is 12.6. The lowest BCUT2D eigenvalue weighted by Crippen LogP contribution is -2.05. The number of methoxy groups -OCH3 is 1. The van der Waals surface area contributed by atoms with Gasteiger partial charge in [-0.15, -0.1) is 0 Å². The molecule has 1 aromatic heterocycles. The molecule has 0 amide bonds. The van der Waals surface area contributed by atoms with Crippen molar-refractivity contribution < 1.29 is 9.13 Å². The van der Waals surface area contributed by atoms with Crippen molar-refractivity contribution in [2.75, 3.05) is 7.11 Å². The van der Waals surface area contributed by atoms with Gasteiger partial charge in [0.05, 0.1) is 18.5 Å². The summed E-state index contributed by atoms with van der Waals surface area (Å²) in [5, 5.41) is 4.32. The van der Waals surface area contributed by atoms with Crippen LogP contribution in [-0.4, -0.2) is 16.9 Å². The molecule has 0 aliphatic heterocycles. The van der Waals surface area contributed by atoms with Crippen LogP contribution in [0, 0.1) is 12.7 Å². The topological polar surface area (TPSA) is 53.1 Å². The normalized spacial score (nSPS) is 10.7. The van der Waals surface area contributed by atoms with E-state index in [0.717, 1.165) is 17.0 Å².